The van der Waals surface area contributed by atoms with E-state index in [1.54, 1.807) is 12.3 Å². The maximum absolute atomic E-state index is 12.7. The number of pyridine rings is 1. The molecule has 0 unspecified atom stereocenters. The minimum atomic E-state index is -0.191. The zero-order chi connectivity index (χ0) is 17.9. The van der Waals surface area contributed by atoms with Crippen molar-refractivity contribution in [3.05, 3.63) is 53.3 Å². The van der Waals surface area contributed by atoms with Gasteiger partial charge in [-0.15, -0.1) is 0 Å². The van der Waals surface area contributed by atoms with Crippen LogP contribution in [0.2, 0.25) is 0 Å². The summed E-state index contributed by atoms with van der Waals surface area (Å²) in [4.78, 5) is 16.9. The monoisotopic (exact) mass is 325 g/mol. The highest BCUT2D eigenvalue weighted by molar-refractivity contribution is 6.04. The van der Waals surface area contributed by atoms with Gasteiger partial charge in [-0.1, -0.05) is 32.0 Å². The van der Waals surface area contributed by atoms with Crippen LogP contribution < -0.4 is 10.6 Å². The molecule has 2 aromatic rings. The molecule has 0 spiro atoms. The summed E-state index contributed by atoms with van der Waals surface area (Å²) in [7, 11) is 0. The van der Waals surface area contributed by atoms with Gasteiger partial charge in [0, 0.05) is 23.1 Å². The number of rotatable bonds is 4. The Hall–Kier alpha value is -2.36. The zero-order valence-corrected chi connectivity index (χ0v) is 15.4. The Balaban J connectivity index is 2.27. The van der Waals surface area contributed by atoms with E-state index < -0.39 is 0 Å². The van der Waals surface area contributed by atoms with Gasteiger partial charge in [0.2, 0.25) is 0 Å². The molecule has 24 heavy (non-hydrogen) atoms. The summed E-state index contributed by atoms with van der Waals surface area (Å²) in [6.45, 7) is 12.5. The van der Waals surface area contributed by atoms with E-state index in [9.17, 15) is 4.79 Å². The molecule has 2 N–H and O–H groups in total. The van der Waals surface area contributed by atoms with E-state index >= 15 is 0 Å². The van der Waals surface area contributed by atoms with Gasteiger partial charge in [0.15, 0.2) is 0 Å². The molecule has 4 heteroatoms. The molecule has 128 valence electrons. The summed E-state index contributed by atoms with van der Waals surface area (Å²) >= 11 is 0. The van der Waals surface area contributed by atoms with Crippen LogP contribution >= 0.6 is 0 Å². The maximum Gasteiger partial charge on any atom is 0.274 e. The molecule has 1 amide bonds. The second-order valence-corrected chi connectivity index (χ2v) is 7.45. The lowest BCUT2D eigenvalue weighted by atomic mass is 9.98. The predicted octanol–water partition coefficient (Wildman–Crippen LogP) is 4.98. The molecule has 0 aliphatic carbocycles. The highest BCUT2D eigenvalue weighted by atomic mass is 16.1. The second-order valence-electron chi connectivity index (χ2n) is 7.45. The van der Waals surface area contributed by atoms with Gasteiger partial charge in [0.1, 0.15) is 5.69 Å². The number of carbonyl (C=O) groups is 1. The number of aryl methyl sites for hydroxylation is 1. The number of para-hydroxylation sites is 1. The average molecular weight is 325 g/mol. The van der Waals surface area contributed by atoms with Crippen LogP contribution in [0.25, 0.3) is 0 Å². The third-order valence-corrected chi connectivity index (χ3v) is 3.68. The van der Waals surface area contributed by atoms with Gasteiger partial charge in [-0.05, 0) is 56.9 Å². The molecule has 0 radical (unpaired) electrons. The van der Waals surface area contributed by atoms with Gasteiger partial charge >= 0.3 is 0 Å². The van der Waals surface area contributed by atoms with Gasteiger partial charge in [0.05, 0.1) is 0 Å². The molecular formula is C20H27N3O. The largest absolute Gasteiger partial charge is 0.380 e. The Morgan fingerprint density at radius 2 is 1.88 bits per heavy atom. The van der Waals surface area contributed by atoms with Crippen LogP contribution in [0.1, 0.15) is 62.2 Å². The molecule has 2 rings (SSSR count). The minimum Gasteiger partial charge on any atom is -0.380 e. The van der Waals surface area contributed by atoms with Crippen LogP contribution in [0.5, 0.6) is 0 Å². The Morgan fingerprint density at radius 3 is 2.50 bits per heavy atom. The molecule has 0 atom stereocenters. The van der Waals surface area contributed by atoms with E-state index in [4.69, 9.17) is 0 Å². The first-order valence-corrected chi connectivity index (χ1v) is 8.32. The van der Waals surface area contributed by atoms with Crippen molar-refractivity contribution >= 4 is 17.3 Å². The number of hydrogen-bond acceptors (Lipinski definition) is 3. The van der Waals surface area contributed by atoms with Crippen molar-refractivity contribution in [1.82, 2.24) is 4.98 Å². The van der Waals surface area contributed by atoms with Crippen LogP contribution in [-0.2, 0) is 0 Å². The lowest BCUT2D eigenvalue weighted by molar-refractivity contribution is 0.102. The number of anilines is 2. The molecular weight excluding hydrogens is 298 g/mol. The van der Waals surface area contributed by atoms with E-state index in [1.807, 2.05) is 25.1 Å². The van der Waals surface area contributed by atoms with Gasteiger partial charge in [-0.2, -0.15) is 0 Å². The molecule has 0 aliphatic heterocycles. The number of carbonyl (C=O) groups excluding carboxylic acids is 1. The van der Waals surface area contributed by atoms with E-state index in [2.05, 4.69) is 56.3 Å². The van der Waals surface area contributed by atoms with E-state index in [0.29, 0.717) is 11.6 Å². The Kier molecular flexibility index (Phi) is 5.27. The molecule has 0 fully saturated rings. The molecule has 0 saturated heterocycles. The first kappa shape index (κ1) is 18.0. The molecule has 1 aromatic carbocycles. The summed E-state index contributed by atoms with van der Waals surface area (Å²) < 4.78 is 0. The third-order valence-electron chi connectivity index (χ3n) is 3.68. The number of aromatic nitrogens is 1. The smallest absolute Gasteiger partial charge is 0.274 e. The lowest BCUT2D eigenvalue weighted by Crippen LogP contribution is -2.26. The highest BCUT2D eigenvalue weighted by Crippen LogP contribution is 2.28. The molecule has 4 nitrogen and oxygen atoms in total. The van der Waals surface area contributed by atoms with Crippen molar-refractivity contribution in [2.45, 2.75) is 53.0 Å². The number of benzene rings is 1. The molecule has 0 bridgehead atoms. The average Bonchev–Trinajstić information content (AvgIpc) is 2.47. The molecule has 0 saturated carbocycles. The maximum atomic E-state index is 12.7. The summed E-state index contributed by atoms with van der Waals surface area (Å²) in [6.07, 6.45) is 1.66. The number of nitrogens with zero attached hydrogens (tertiary/aromatic N) is 1. The van der Waals surface area contributed by atoms with Gasteiger partial charge in [-0.25, -0.2) is 0 Å². The zero-order valence-electron chi connectivity index (χ0n) is 15.4. The normalized spacial score (nSPS) is 11.5. The fourth-order valence-corrected chi connectivity index (χ4v) is 2.59. The minimum absolute atomic E-state index is 0.0735. The first-order chi connectivity index (χ1) is 11.2. The van der Waals surface area contributed by atoms with Crippen molar-refractivity contribution in [2.24, 2.45) is 0 Å². The van der Waals surface area contributed by atoms with E-state index in [-0.39, 0.29) is 11.4 Å². The fourth-order valence-electron chi connectivity index (χ4n) is 2.59. The highest BCUT2D eigenvalue weighted by Gasteiger charge is 2.16. The van der Waals surface area contributed by atoms with Crippen molar-refractivity contribution in [1.29, 1.82) is 0 Å². The van der Waals surface area contributed by atoms with E-state index in [0.717, 1.165) is 22.5 Å². The van der Waals surface area contributed by atoms with Crippen molar-refractivity contribution in [2.75, 3.05) is 10.6 Å². The SMILES string of the molecule is Cc1cccc(C(C)C)c1NC(=O)c1cc(NC(C)(C)C)ccn1. The van der Waals surface area contributed by atoms with Crippen LogP contribution in [0.15, 0.2) is 36.5 Å². The first-order valence-electron chi connectivity index (χ1n) is 8.32. The van der Waals surface area contributed by atoms with Crippen molar-refractivity contribution < 1.29 is 4.79 Å². The Bertz CT molecular complexity index is 730. The quantitative estimate of drug-likeness (QED) is 0.834. The summed E-state index contributed by atoms with van der Waals surface area (Å²) in [6, 6.07) is 9.74. The second kappa shape index (κ2) is 7.04. The predicted molar refractivity (Wildman–Crippen MR) is 101 cm³/mol. The fraction of sp³-hybridized carbons (Fsp3) is 0.400. The third kappa shape index (κ3) is 4.57. The van der Waals surface area contributed by atoms with Crippen molar-refractivity contribution in [3.8, 4) is 0 Å². The molecule has 1 aromatic heterocycles. The number of hydrogen-bond donors (Lipinski definition) is 2. The molecule has 0 aliphatic rings. The van der Waals surface area contributed by atoms with E-state index in [1.165, 1.54) is 0 Å². The van der Waals surface area contributed by atoms with Crippen LogP contribution in [0.3, 0.4) is 0 Å². The van der Waals surface area contributed by atoms with Crippen LogP contribution in [-0.4, -0.2) is 16.4 Å². The topological polar surface area (TPSA) is 54.0 Å². The lowest BCUT2D eigenvalue weighted by Gasteiger charge is -2.22. The summed E-state index contributed by atoms with van der Waals surface area (Å²) in [5, 5.41) is 6.40. The number of amides is 1. The van der Waals surface area contributed by atoms with Crippen LogP contribution in [0, 0.1) is 6.92 Å². The summed E-state index contributed by atoms with van der Waals surface area (Å²) in [5.41, 5.74) is 4.29. The molecule has 1 heterocycles. The number of nitrogens with one attached hydrogen (secondary N) is 2. The Morgan fingerprint density at radius 1 is 1.17 bits per heavy atom. The van der Waals surface area contributed by atoms with Crippen molar-refractivity contribution in [3.63, 3.8) is 0 Å². The van der Waals surface area contributed by atoms with Gasteiger partial charge in [-0.3, -0.25) is 9.78 Å². The summed E-state index contributed by atoms with van der Waals surface area (Å²) in [5.74, 6) is 0.144. The van der Waals surface area contributed by atoms with Gasteiger partial charge < -0.3 is 10.6 Å². The standard InChI is InChI=1S/C20H27N3O/c1-13(2)16-9-7-8-14(3)18(16)22-19(24)17-12-15(10-11-21-17)23-20(4,5)6/h7-13H,1-6H3,(H,21,23)(H,22,24). The Labute approximate surface area is 144 Å². The van der Waals surface area contributed by atoms with Crippen LogP contribution in [0.4, 0.5) is 11.4 Å². The van der Waals surface area contributed by atoms with Gasteiger partial charge in [0.25, 0.3) is 5.91 Å².